The van der Waals surface area contributed by atoms with Crippen LogP contribution in [0.3, 0.4) is 0 Å². The smallest absolute Gasteiger partial charge is 0.423 e. The number of benzene rings is 1. The molecule has 2 rings (SSSR count). The lowest BCUT2D eigenvalue weighted by molar-refractivity contribution is -0.172. The van der Waals surface area contributed by atoms with Crippen molar-refractivity contribution in [1.82, 2.24) is 4.98 Å². The third-order valence-corrected chi connectivity index (χ3v) is 2.94. The third-order valence-electron chi connectivity index (χ3n) is 2.94. The highest BCUT2D eigenvalue weighted by molar-refractivity contribution is 5.43. The molecule has 0 bridgehead atoms. The lowest BCUT2D eigenvalue weighted by Gasteiger charge is -2.25. The minimum absolute atomic E-state index is 0.203. The first-order chi connectivity index (χ1) is 9.87. The zero-order chi connectivity index (χ0) is 15.5. The van der Waals surface area contributed by atoms with E-state index >= 15 is 0 Å². The number of hydrogen-bond acceptors (Lipinski definition) is 2. The molecule has 0 amide bonds. The van der Waals surface area contributed by atoms with Gasteiger partial charge in [0.1, 0.15) is 5.75 Å². The number of H-pyrrole nitrogens is 1. The molecule has 0 aliphatic rings. The van der Waals surface area contributed by atoms with Crippen LogP contribution in [0.25, 0.3) is 0 Å². The fraction of sp³-hybridized carbons (Fsp3) is 0.200. The fourth-order valence-electron chi connectivity index (χ4n) is 1.74. The van der Waals surface area contributed by atoms with Crippen LogP contribution in [-0.4, -0.2) is 18.3 Å². The van der Waals surface area contributed by atoms with Crippen molar-refractivity contribution < 1.29 is 17.9 Å². The number of halogens is 3. The van der Waals surface area contributed by atoms with Crippen molar-refractivity contribution in [2.45, 2.75) is 11.7 Å². The summed E-state index contributed by atoms with van der Waals surface area (Å²) in [6.07, 6.45) is -3.33. The van der Waals surface area contributed by atoms with Gasteiger partial charge in [-0.25, -0.2) is 0 Å². The maximum Gasteiger partial charge on any atom is 0.423 e. The topological polar surface area (TPSA) is 51.0 Å². The molecule has 1 heterocycles. The molecule has 6 heteroatoms. The maximum absolute atomic E-state index is 13.2. The molecule has 1 aromatic carbocycles. The number of alkyl halides is 3. The average molecular weight is 294 g/mol. The summed E-state index contributed by atoms with van der Waals surface area (Å²) in [7, 11) is 1.47. The van der Waals surface area contributed by atoms with E-state index in [1.54, 1.807) is 24.3 Å². The highest BCUT2D eigenvalue weighted by Gasteiger charge is 2.53. The highest BCUT2D eigenvalue weighted by atomic mass is 19.4. The second-order valence-corrected chi connectivity index (χ2v) is 4.37. The largest absolute Gasteiger partial charge is 0.497 e. The molecule has 0 unspecified atom stereocenters. The molecule has 0 radical (unpaired) electrons. The molecule has 2 aromatic rings. The number of ether oxygens (including phenoxy) is 1. The Labute approximate surface area is 119 Å². The molecular weight excluding hydrogens is 281 g/mol. The SMILES string of the molecule is COc1cccc(C#C[C@@](N)(c2ccc[nH]2)C(F)(F)F)c1. The van der Waals surface area contributed by atoms with Gasteiger partial charge in [0.25, 0.3) is 0 Å². The molecule has 21 heavy (non-hydrogen) atoms. The lowest BCUT2D eigenvalue weighted by atomic mass is 9.96. The standard InChI is InChI=1S/C15H13F3N2O/c1-21-12-5-2-4-11(10-12)7-8-14(19,15(16,17)18)13-6-3-9-20-13/h2-6,9-10,20H,19H2,1H3/t14-/m1/s1. The van der Waals surface area contributed by atoms with E-state index < -0.39 is 11.7 Å². The van der Waals surface area contributed by atoms with Gasteiger partial charge in [0.15, 0.2) is 0 Å². The van der Waals surface area contributed by atoms with Crippen LogP contribution in [0.15, 0.2) is 42.6 Å². The van der Waals surface area contributed by atoms with Crippen LogP contribution < -0.4 is 10.5 Å². The van der Waals surface area contributed by atoms with Crippen molar-refractivity contribution >= 4 is 0 Å². The van der Waals surface area contributed by atoms with Crippen LogP contribution in [0.1, 0.15) is 11.3 Å². The van der Waals surface area contributed by atoms with Gasteiger partial charge >= 0.3 is 6.18 Å². The Balaban J connectivity index is 2.44. The first-order valence-electron chi connectivity index (χ1n) is 6.03. The minimum atomic E-state index is -4.70. The van der Waals surface area contributed by atoms with Crippen LogP contribution in [0.4, 0.5) is 13.2 Å². The van der Waals surface area contributed by atoms with Crippen molar-refractivity contribution in [3.8, 4) is 17.6 Å². The van der Waals surface area contributed by atoms with E-state index in [-0.39, 0.29) is 5.69 Å². The quantitative estimate of drug-likeness (QED) is 0.837. The van der Waals surface area contributed by atoms with Gasteiger partial charge in [-0.05, 0) is 30.3 Å². The molecule has 0 saturated carbocycles. The monoisotopic (exact) mass is 294 g/mol. The minimum Gasteiger partial charge on any atom is -0.497 e. The summed E-state index contributed by atoms with van der Waals surface area (Å²) in [4.78, 5) is 2.47. The van der Waals surface area contributed by atoms with Gasteiger partial charge in [-0.3, -0.25) is 0 Å². The number of nitrogens with one attached hydrogen (secondary N) is 1. The van der Waals surface area contributed by atoms with Gasteiger partial charge in [0.05, 0.1) is 12.8 Å². The molecule has 1 atom stereocenters. The molecule has 1 aromatic heterocycles. The van der Waals surface area contributed by atoms with Gasteiger partial charge in [0, 0.05) is 11.8 Å². The van der Waals surface area contributed by atoms with Gasteiger partial charge < -0.3 is 15.5 Å². The van der Waals surface area contributed by atoms with Crippen molar-refractivity contribution in [2.75, 3.05) is 7.11 Å². The Kier molecular flexibility index (Phi) is 3.96. The van der Waals surface area contributed by atoms with Crippen molar-refractivity contribution in [2.24, 2.45) is 5.73 Å². The van der Waals surface area contributed by atoms with E-state index in [0.717, 1.165) is 0 Å². The summed E-state index contributed by atoms with van der Waals surface area (Å²) >= 11 is 0. The second kappa shape index (κ2) is 5.54. The fourth-order valence-corrected chi connectivity index (χ4v) is 1.74. The summed E-state index contributed by atoms with van der Waals surface area (Å²) in [5.41, 5.74) is 2.93. The van der Waals surface area contributed by atoms with Gasteiger partial charge in [0.2, 0.25) is 5.54 Å². The summed E-state index contributed by atoms with van der Waals surface area (Å²) in [6, 6.07) is 9.14. The zero-order valence-electron chi connectivity index (χ0n) is 11.2. The molecule has 3 N–H and O–H groups in total. The van der Waals surface area contributed by atoms with E-state index in [9.17, 15) is 13.2 Å². The van der Waals surface area contributed by atoms with E-state index in [4.69, 9.17) is 10.5 Å². The molecule has 0 aliphatic heterocycles. The van der Waals surface area contributed by atoms with Gasteiger partial charge in [-0.15, -0.1) is 0 Å². The Bertz CT molecular complexity index is 668. The van der Waals surface area contributed by atoms with Crippen LogP contribution in [-0.2, 0) is 5.54 Å². The van der Waals surface area contributed by atoms with E-state index in [1.807, 2.05) is 0 Å². The molecule has 3 nitrogen and oxygen atoms in total. The predicted molar refractivity (Wildman–Crippen MR) is 72.6 cm³/mol. The normalized spacial score (nSPS) is 14.0. The van der Waals surface area contributed by atoms with E-state index in [0.29, 0.717) is 11.3 Å². The highest BCUT2D eigenvalue weighted by Crippen LogP contribution is 2.35. The van der Waals surface area contributed by atoms with Gasteiger partial charge in [-0.2, -0.15) is 13.2 Å². The molecule has 0 aliphatic carbocycles. The maximum atomic E-state index is 13.2. The molecule has 0 saturated heterocycles. The van der Waals surface area contributed by atoms with E-state index in [2.05, 4.69) is 16.8 Å². The van der Waals surface area contributed by atoms with Crippen LogP contribution >= 0.6 is 0 Å². The van der Waals surface area contributed by atoms with Crippen LogP contribution in [0, 0.1) is 11.8 Å². The summed E-state index contributed by atoms with van der Waals surface area (Å²) in [6.45, 7) is 0. The molecule has 0 fully saturated rings. The third kappa shape index (κ3) is 3.03. The van der Waals surface area contributed by atoms with E-state index in [1.165, 1.54) is 25.4 Å². The summed E-state index contributed by atoms with van der Waals surface area (Å²) < 4.78 is 44.7. The number of hydrogen-bond donors (Lipinski definition) is 2. The Morgan fingerprint density at radius 3 is 2.52 bits per heavy atom. The van der Waals surface area contributed by atoms with Gasteiger partial charge in [-0.1, -0.05) is 17.9 Å². The Hall–Kier alpha value is -2.39. The van der Waals surface area contributed by atoms with Crippen LogP contribution in [0.5, 0.6) is 5.75 Å². The number of aromatic amines is 1. The average Bonchev–Trinajstić information content (AvgIpc) is 2.98. The zero-order valence-corrected chi connectivity index (χ0v) is 11.2. The lowest BCUT2D eigenvalue weighted by Crippen LogP contribution is -2.49. The number of nitrogens with two attached hydrogens (primary N) is 1. The Morgan fingerprint density at radius 1 is 1.19 bits per heavy atom. The predicted octanol–water partition coefficient (Wildman–Crippen LogP) is 2.79. The number of rotatable bonds is 2. The van der Waals surface area contributed by atoms with Crippen molar-refractivity contribution in [3.63, 3.8) is 0 Å². The second-order valence-electron chi connectivity index (χ2n) is 4.37. The summed E-state index contributed by atoms with van der Waals surface area (Å²) in [5, 5.41) is 0. The van der Waals surface area contributed by atoms with Crippen molar-refractivity contribution in [1.29, 1.82) is 0 Å². The molecular formula is C15H13F3N2O. The first-order valence-corrected chi connectivity index (χ1v) is 6.03. The number of aromatic nitrogens is 1. The Morgan fingerprint density at radius 2 is 1.95 bits per heavy atom. The first kappa shape index (κ1) is 15.0. The molecule has 0 spiro atoms. The van der Waals surface area contributed by atoms with Crippen LogP contribution in [0.2, 0.25) is 0 Å². The molecule has 110 valence electrons. The van der Waals surface area contributed by atoms with Crippen molar-refractivity contribution in [3.05, 3.63) is 53.9 Å². The number of methoxy groups -OCH3 is 1. The summed E-state index contributed by atoms with van der Waals surface area (Å²) in [5.74, 6) is 5.09.